The number of rotatable bonds is 3. The zero-order valence-electron chi connectivity index (χ0n) is 8.95. The molecule has 0 aliphatic carbocycles. The average Bonchev–Trinajstić information content (AvgIpc) is 2.21. The summed E-state index contributed by atoms with van der Waals surface area (Å²) in [5, 5.41) is 11.5. The van der Waals surface area contributed by atoms with E-state index < -0.39 is 17.9 Å². The number of halogens is 1. The van der Waals surface area contributed by atoms with E-state index in [1.54, 1.807) is 12.1 Å². The smallest absolute Gasteiger partial charge is 0.325 e. The molecule has 1 atom stereocenters. The zero-order chi connectivity index (χ0) is 12.3. The van der Waals surface area contributed by atoms with Crippen LogP contribution in [0.25, 0.3) is 0 Å². The van der Waals surface area contributed by atoms with E-state index in [1.807, 2.05) is 6.92 Å². The number of nitrogens with one attached hydrogen (secondary N) is 1. The Morgan fingerprint density at radius 2 is 2.06 bits per heavy atom. The average molecular weight is 242 g/mol. The van der Waals surface area contributed by atoms with Gasteiger partial charge in [-0.25, -0.2) is 0 Å². The molecule has 0 saturated heterocycles. The monoisotopic (exact) mass is 241 g/mol. The van der Waals surface area contributed by atoms with Crippen molar-refractivity contribution in [3.8, 4) is 0 Å². The Kier molecular flexibility index (Phi) is 3.90. The number of carbonyl (C=O) groups excluding carboxylic acids is 1. The van der Waals surface area contributed by atoms with Gasteiger partial charge in [-0.3, -0.25) is 9.59 Å². The summed E-state index contributed by atoms with van der Waals surface area (Å²) in [6, 6.07) is 3.90. The number of carboxylic acids is 1. The van der Waals surface area contributed by atoms with Crippen molar-refractivity contribution in [2.24, 2.45) is 0 Å². The van der Waals surface area contributed by atoms with Crippen molar-refractivity contribution in [2.75, 3.05) is 0 Å². The van der Waals surface area contributed by atoms with Crippen molar-refractivity contribution < 1.29 is 14.7 Å². The maximum atomic E-state index is 11.6. The van der Waals surface area contributed by atoms with Crippen molar-refractivity contribution in [1.82, 2.24) is 5.32 Å². The van der Waals surface area contributed by atoms with Crippen molar-refractivity contribution in [2.45, 2.75) is 19.9 Å². The first-order valence-electron chi connectivity index (χ1n) is 4.71. The molecular weight excluding hydrogens is 230 g/mol. The molecule has 16 heavy (non-hydrogen) atoms. The molecule has 0 saturated carbocycles. The highest BCUT2D eigenvalue weighted by Crippen LogP contribution is 2.16. The fourth-order valence-electron chi connectivity index (χ4n) is 1.08. The SMILES string of the molecule is Cc1ccc(C(=O)N[C@H](C)C(=O)O)cc1Cl. The first-order chi connectivity index (χ1) is 7.41. The van der Waals surface area contributed by atoms with Gasteiger partial charge in [-0.2, -0.15) is 0 Å². The summed E-state index contributed by atoms with van der Waals surface area (Å²) >= 11 is 5.86. The van der Waals surface area contributed by atoms with E-state index in [2.05, 4.69) is 5.32 Å². The molecule has 0 bridgehead atoms. The maximum absolute atomic E-state index is 11.6. The fourth-order valence-corrected chi connectivity index (χ4v) is 1.26. The summed E-state index contributed by atoms with van der Waals surface area (Å²) in [5.41, 5.74) is 1.22. The van der Waals surface area contributed by atoms with Crippen LogP contribution in [0.5, 0.6) is 0 Å². The lowest BCUT2D eigenvalue weighted by atomic mass is 10.1. The summed E-state index contributed by atoms with van der Waals surface area (Å²) < 4.78 is 0. The van der Waals surface area contributed by atoms with Gasteiger partial charge in [0.1, 0.15) is 6.04 Å². The van der Waals surface area contributed by atoms with Crippen LogP contribution in [0, 0.1) is 6.92 Å². The maximum Gasteiger partial charge on any atom is 0.325 e. The van der Waals surface area contributed by atoms with Gasteiger partial charge >= 0.3 is 5.97 Å². The van der Waals surface area contributed by atoms with E-state index in [1.165, 1.54) is 13.0 Å². The Hall–Kier alpha value is -1.55. The second-order valence-corrected chi connectivity index (χ2v) is 3.90. The van der Waals surface area contributed by atoms with Crippen LogP contribution in [0.15, 0.2) is 18.2 Å². The van der Waals surface area contributed by atoms with Gasteiger partial charge in [0.2, 0.25) is 0 Å². The number of benzene rings is 1. The number of aliphatic carboxylic acids is 1. The Labute approximate surface area is 98.2 Å². The predicted molar refractivity (Wildman–Crippen MR) is 60.8 cm³/mol. The number of amides is 1. The Morgan fingerprint density at radius 1 is 1.44 bits per heavy atom. The predicted octanol–water partition coefficient (Wildman–Crippen LogP) is 1.85. The molecule has 0 radical (unpaired) electrons. The largest absolute Gasteiger partial charge is 0.480 e. The zero-order valence-corrected chi connectivity index (χ0v) is 9.71. The normalized spacial score (nSPS) is 11.9. The molecule has 0 unspecified atom stereocenters. The van der Waals surface area contributed by atoms with E-state index in [-0.39, 0.29) is 0 Å². The van der Waals surface area contributed by atoms with Gasteiger partial charge < -0.3 is 10.4 Å². The summed E-state index contributed by atoms with van der Waals surface area (Å²) in [4.78, 5) is 22.1. The summed E-state index contributed by atoms with van der Waals surface area (Å²) in [6.45, 7) is 3.22. The highest BCUT2D eigenvalue weighted by atomic mass is 35.5. The molecule has 0 fully saturated rings. The van der Waals surface area contributed by atoms with Crippen molar-refractivity contribution in [3.63, 3.8) is 0 Å². The van der Waals surface area contributed by atoms with Crippen LogP contribution >= 0.6 is 11.6 Å². The van der Waals surface area contributed by atoms with E-state index in [0.29, 0.717) is 10.6 Å². The highest BCUT2D eigenvalue weighted by molar-refractivity contribution is 6.31. The van der Waals surface area contributed by atoms with Crippen molar-refractivity contribution in [3.05, 3.63) is 34.3 Å². The minimum Gasteiger partial charge on any atom is -0.480 e. The van der Waals surface area contributed by atoms with Gasteiger partial charge in [0.25, 0.3) is 5.91 Å². The number of carbonyl (C=O) groups is 2. The van der Waals surface area contributed by atoms with Crippen molar-refractivity contribution >= 4 is 23.5 Å². The molecule has 4 nitrogen and oxygen atoms in total. The van der Waals surface area contributed by atoms with Crippen LogP contribution < -0.4 is 5.32 Å². The standard InChI is InChI=1S/C11H12ClNO3/c1-6-3-4-8(5-9(6)12)10(14)13-7(2)11(15)16/h3-5,7H,1-2H3,(H,13,14)(H,15,16)/t7-/m1/s1. The lowest BCUT2D eigenvalue weighted by Crippen LogP contribution is -2.38. The van der Waals surface area contributed by atoms with Crippen LogP contribution in [0.2, 0.25) is 5.02 Å². The number of aryl methyl sites for hydroxylation is 1. The minimum absolute atomic E-state index is 0.351. The molecule has 0 aromatic heterocycles. The number of hydrogen-bond donors (Lipinski definition) is 2. The molecular formula is C11H12ClNO3. The Balaban J connectivity index is 2.81. The molecule has 0 heterocycles. The molecule has 1 amide bonds. The van der Waals surface area contributed by atoms with Crippen LogP contribution in [-0.2, 0) is 4.79 Å². The third-order valence-corrected chi connectivity index (χ3v) is 2.56. The van der Waals surface area contributed by atoms with E-state index >= 15 is 0 Å². The van der Waals surface area contributed by atoms with Crippen LogP contribution in [-0.4, -0.2) is 23.0 Å². The molecule has 0 aliphatic rings. The van der Waals surface area contributed by atoms with E-state index in [4.69, 9.17) is 16.7 Å². The molecule has 5 heteroatoms. The van der Waals surface area contributed by atoms with Gasteiger partial charge in [-0.1, -0.05) is 17.7 Å². The van der Waals surface area contributed by atoms with Gasteiger partial charge in [-0.05, 0) is 31.5 Å². The number of carboxylic acid groups (broad SMARTS) is 1. The van der Waals surface area contributed by atoms with Crippen LogP contribution in [0.3, 0.4) is 0 Å². The van der Waals surface area contributed by atoms with Gasteiger partial charge in [0, 0.05) is 10.6 Å². The van der Waals surface area contributed by atoms with Gasteiger partial charge in [0.05, 0.1) is 0 Å². The number of hydrogen-bond acceptors (Lipinski definition) is 2. The Bertz CT molecular complexity index is 431. The minimum atomic E-state index is -1.08. The van der Waals surface area contributed by atoms with Crippen LogP contribution in [0.4, 0.5) is 0 Å². The van der Waals surface area contributed by atoms with Crippen LogP contribution in [0.1, 0.15) is 22.8 Å². The van der Waals surface area contributed by atoms with Crippen molar-refractivity contribution in [1.29, 1.82) is 0 Å². The lowest BCUT2D eigenvalue weighted by Gasteiger charge is -2.09. The highest BCUT2D eigenvalue weighted by Gasteiger charge is 2.15. The molecule has 1 aromatic carbocycles. The molecule has 86 valence electrons. The van der Waals surface area contributed by atoms with E-state index in [9.17, 15) is 9.59 Å². The second-order valence-electron chi connectivity index (χ2n) is 3.50. The summed E-state index contributed by atoms with van der Waals surface area (Å²) in [5.74, 6) is -1.52. The first-order valence-corrected chi connectivity index (χ1v) is 5.09. The quantitative estimate of drug-likeness (QED) is 0.849. The molecule has 2 N–H and O–H groups in total. The molecule has 1 rings (SSSR count). The summed E-state index contributed by atoms with van der Waals surface area (Å²) in [6.07, 6.45) is 0. The third kappa shape index (κ3) is 2.97. The molecule has 0 aliphatic heterocycles. The molecule has 0 spiro atoms. The lowest BCUT2D eigenvalue weighted by molar-refractivity contribution is -0.138. The summed E-state index contributed by atoms with van der Waals surface area (Å²) in [7, 11) is 0. The first kappa shape index (κ1) is 12.5. The topological polar surface area (TPSA) is 66.4 Å². The fraction of sp³-hybridized carbons (Fsp3) is 0.273. The van der Waals surface area contributed by atoms with Gasteiger partial charge in [-0.15, -0.1) is 0 Å². The second kappa shape index (κ2) is 4.99. The third-order valence-electron chi connectivity index (χ3n) is 2.15. The van der Waals surface area contributed by atoms with Gasteiger partial charge in [0.15, 0.2) is 0 Å². The molecule has 1 aromatic rings. The van der Waals surface area contributed by atoms with E-state index in [0.717, 1.165) is 5.56 Å². The Morgan fingerprint density at radius 3 is 2.56 bits per heavy atom.